The van der Waals surface area contributed by atoms with Crippen molar-refractivity contribution in [3.05, 3.63) is 36.0 Å². The summed E-state index contributed by atoms with van der Waals surface area (Å²) in [5.74, 6) is 0. The fourth-order valence-corrected chi connectivity index (χ4v) is 2.90. The number of aromatic amines is 1. The highest BCUT2D eigenvalue weighted by Crippen LogP contribution is 2.37. The number of rotatable bonds is 1. The number of nitrogens with one attached hydrogen (secondary N) is 1. The monoisotopic (exact) mass is 230 g/mol. The molecule has 3 nitrogen and oxygen atoms in total. The van der Waals surface area contributed by atoms with Crippen molar-refractivity contribution in [2.45, 2.75) is 37.3 Å². The molecular formula is C14H18N2O. The molecule has 0 bridgehead atoms. The average molecular weight is 230 g/mol. The van der Waals surface area contributed by atoms with E-state index in [-0.39, 0.29) is 6.04 Å². The summed E-state index contributed by atoms with van der Waals surface area (Å²) in [5.41, 5.74) is 7.35. The fraction of sp³-hybridized carbons (Fsp3) is 0.429. The maximum Gasteiger partial charge on any atom is 0.0911 e. The van der Waals surface area contributed by atoms with E-state index in [0.29, 0.717) is 6.42 Å². The molecule has 1 aliphatic rings. The first kappa shape index (κ1) is 10.8. The lowest BCUT2D eigenvalue weighted by atomic mass is 9.77. The molecule has 17 heavy (non-hydrogen) atoms. The highest BCUT2D eigenvalue weighted by molar-refractivity contribution is 5.80. The molecule has 1 aromatic heterocycles. The minimum absolute atomic E-state index is 0.121. The van der Waals surface area contributed by atoms with Crippen molar-refractivity contribution in [3.8, 4) is 0 Å². The van der Waals surface area contributed by atoms with Gasteiger partial charge in [-0.25, -0.2) is 0 Å². The molecule has 0 radical (unpaired) electrons. The van der Waals surface area contributed by atoms with Gasteiger partial charge in [-0.05, 0) is 54.8 Å². The van der Waals surface area contributed by atoms with E-state index in [1.54, 1.807) is 0 Å². The Bertz CT molecular complexity index is 534. The molecule has 0 saturated heterocycles. The number of hydrogen-bond donors (Lipinski definition) is 3. The predicted octanol–water partition coefficient (Wildman–Crippen LogP) is 2.26. The van der Waals surface area contributed by atoms with E-state index in [0.717, 1.165) is 35.7 Å². The van der Waals surface area contributed by atoms with E-state index < -0.39 is 5.60 Å². The van der Waals surface area contributed by atoms with Crippen molar-refractivity contribution in [2.75, 3.05) is 0 Å². The number of nitrogens with two attached hydrogens (primary N) is 1. The lowest BCUT2D eigenvalue weighted by molar-refractivity contribution is -0.00705. The lowest BCUT2D eigenvalue weighted by Crippen LogP contribution is -2.39. The summed E-state index contributed by atoms with van der Waals surface area (Å²) in [6, 6.07) is 8.27. The smallest absolute Gasteiger partial charge is 0.0911 e. The Balaban J connectivity index is 2.01. The molecule has 2 unspecified atom stereocenters. The Hall–Kier alpha value is -1.32. The molecule has 2 atom stereocenters. The van der Waals surface area contributed by atoms with Gasteiger partial charge in [0.1, 0.15) is 0 Å². The van der Waals surface area contributed by atoms with E-state index in [2.05, 4.69) is 11.1 Å². The molecule has 1 fully saturated rings. The number of fused-ring (bicyclic) bond motifs is 1. The molecule has 2 aromatic rings. The van der Waals surface area contributed by atoms with Crippen molar-refractivity contribution in [1.82, 2.24) is 4.98 Å². The normalized spacial score (nSPS) is 29.6. The summed E-state index contributed by atoms with van der Waals surface area (Å²) in [5, 5.41) is 11.9. The summed E-state index contributed by atoms with van der Waals surface area (Å²) in [4.78, 5) is 3.16. The quantitative estimate of drug-likeness (QED) is 0.703. The molecular weight excluding hydrogens is 212 g/mol. The maximum absolute atomic E-state index is 10.7. The van der Waals surface area contributed by atoms with Gasteiger partial charge in [-0.1, -0.05) is 6.07 Å². The number of hydrogen-bond acceptors (Lipinski definition) is 2. The van der Waals surface area contributed by atoms with Gasteiger partial charge >= 0.3 is 0 Å². The van der Waals surface area contributed by atoms with E-state index >= 15 is 0 Å². The van der Waals surface area contributed by atoms with Crippen LogP contribution in [0.3, 0.4) is 0 Å². The fourth-order valence-electron chi connectivity index (χ4n) is 2.90. The van der Waals surface area contributed by atoms with E-state index in [1.807, 2.05) is 24.4 Å². The van der Waals surface area contributed by atoms with Crippen LogP contribution in [0, 0.1) is 0 Å². The molecule has 0 amide bonds. The van der Waals surface area contributed by atoms with Crippen LogP contribution in [0.15, 0.2) is 30.5 Å². The highest BCUT2D eigenvalue weighted by atomic mass is 16.3. The number of H-pyrrole nitrogens is 1. The maximum atomic E-state index is 10.7. The molecule has 1 aliphatic carbocycles. The van der Waals surface area contributed by atoms with Crippen molar-refractivity contribution in [3.63, 3.8) is 0 Å². The van der Waals surface area contributed by atoms with Gasteiger partial charge in [0.25, 0.3) is 0 Å². The summed E-state index contributed by atoms with van der Waals surface area (Å²) in [6.07, 6.45) is 5.43. The van der Waals surface area contributed by atoms with Crippen LogP contribution in [-0.4, -0.2) is 16.1 Å². The second-order valence-corrected chi connectivity index (χ2v) is 5.17. The van der Waals surface area contributed by atoms with Crippen LogP contribution in [0.2, 0.25) is 0 Å². The number of aromatic nitrogens is 1. The topological polar surface area (TPSA) is 62.0 Å². The zero-order valence-corrected chi connectivity index (χ0v) is 9.82. The van der Waals surface area contributed by atoms with Gasteiger partial charge < -0.3 is 15.8 Å². The molecule has 4 N–H and O–H groups in total. The molecule has 1 saturated carbocycles. The summed E-state index contributed by atoms with van der Waals surface area (Å²) in [6.45, 7) is 0. The Morgan fingerprint density at radius 3 is 3.06 bits per heavy atom. The SMILES string of the molecule is NC1CCCC(O)(c2ccc3[nH]ccc3c2)C1. The first-order valence-electron chi connectivity index (χ1n) is 6.23. The summed E-state index contributed by atoms with van der Waals surface area (Å²) >= 11 is 0. The molecule has 3 heteroatoms. The van der Waals surface area contributed by atoms with Gasteiger partial charge in [0, 0.05) is 17.8 Å². The number of aliphatic hydroxyl groups is 1. The average Bonchev–Trinajstić information content (AvgIpc) is 2.75. The van der Waals surface area contributed by atoms with Gasteiger partial charge in [-0.3, -0.25) is 0 Å². The van der Waals surface area contributed by atoms with Crippen LogP contribution in [0.1, 0.15) is 31.2 Å². The van der Waals surface area contributed by atoms with Crippen molar-refractivity contribution < 1.29 is 5.11 Å². The largest absolute Gasteiger partial charge is 0.385 e. The second-order valence-electron chi connectivity index (χ2n) is 5.17. The van der Waals surface area contributed by atoms with Crippen molar-refractivity contribution >= 4 is 10.9 Å². The zero-order chi connectivity index (χ0) is 11.9. The Morgan fingerprint density at radius 1 is 1.35 bits per heavy atom. The van der Waals surface area contributed by atoms with Crippen LogP contribution in [0.4, 0.5) is 0 Å². The molecule has 90 valence electrons. The third kappa shape index (κ3) is 1.85. The molecule has 0 aliphatic heterocycles. The second kappa shape index (κ2) is 3.86. The van der Waals surface area contributed by atoms with Crippen molar-refractivity contribution in [2.24, 2.45) is 5.73 Å². The minimum Gasteiger partial charge on any atom is -0.385 e. The van der Waals surface area contributed by atoms with Gasteiger partial charge in [-0.15, -0.1) is 0 Å². The molecule has 1 aromatic carbocycles. The highest BCUT2D eigenvalue weighted by Gasteiger charge is 2.34. The van der Waals surface area contributed by atoms with Crippen LogP contribution in [0.25, 0.3) is 10.9 Å². The predicted molar refractivity (Wildman–Crippen MR) is 68.6 cm³/mol. The first-order valence-corrected chi connectivity index (χ1v) is 6.23. The standard InChI is InChI=1S/C14H18N2O/c15-12-2-1-6-14(17,9-12)11-3-4-13-10(8-11)5-7-16-13/h3-5,7-8,12,16-17H,1-2,6,9,15H2. The molecule has 1 heterocycles. The Labute approximate surface area is 101 Å². The van der Waals surface area contributed by atoms with Crippen LogP contribution >= 0.6 is 0 Å². The zero-order valence-electron chi connectivity index (χ0n) is 9.82. The van der Waals surface area contributed by atoms with Crippen LogP contribution in [-0.2, 0) is 5.60 Å². The minimum atomic E-state index is -0.733. The van der Waals surface area contributed by atoms with E-state index in [9.17, 15) is 5.11 Å². The van der Waals surface area contributed by atoms with E-state index in [1.165, 1.54) is 0 Å². The van der Waals surface area contributed by atoms with Gasteiger partial charge in [0.05, 0.1) is 5.60 Å². The third-order valence-electron chi connectivity index (χ3n) is 3.86. The van der Waals surface area contributed by atoms with Gasteiger partial charge in [0.2, 0.25) is 0 Å². The lowest BCUT2D eigenvalue weighted by Gasteiger charge is -2.35. The molecule has 0 spiro atoms. The summed E-state index contributed by atoms with van der Waals surface area (Å²) in [7, 11) is 0. The van der Waals surface area contributed by atoms with Gasteiger partial charge in [0.15, 0.2) is 0 Å². The summed E-state index contributed by atoms with van der Waals surface area (Å²) < 4.78 is 0. The van der Waals surface area contributed by atoms with Crippen molar-refractivity contribution in [1.29, 1.82) is 0 Å². The third-order valence-corrected chi connectivity index (χ3v) is 3.86. The Kier molecular flexibility index (Phi) is 2.45. The molecule has 3 rings (SSSR count). The Morgan fingerprint density at radius 2 is 2.24 bits per heavy atom. The number of benzene rings is 1. The first-order chi connectivity index (χ1) is 8.17. The van der Waals surface area contributed by atoms with Crippen LogP contribution in [0.5, 0.6) is 0 Å². The van der Waals surface area contributed by atoms with Crippen LogP contribution < -0.4 is 5.73 Å². The van der Waals surface area contributed by atoms with E-state index in [4.69, 9.17) is 5.73 Å². The van der Waals surface area contributed by atoms with Gasteiger partial charge in [-0.2, -0.15) is 0 Å².